The number of carbonyl (C=O) groups is 1. The van der Waals surface area contributed by atoms with Crippen molar-refractivity contribution in [2.75, 3.05) is 7.11 Å². The van der Waals surface area contributed by atoms with Crippen LogP contribution in [0, 0.1) is 4.77 Å². The van der Waals surface area contributed by atoms with Crippen LogP contribution in [0.5, 0.6) is 5.75 Å². The first-order valence-electron chi connectivity index (χ1n) is 6.67. The Kier molecular flexibility index (Phi) is 4.74. The standard InChI is InChI=1S/C14H18N4O2S/c1-4-18-12(16-17-14(18)21)9(2)15-13(19)10-7-5-6-8-11(10)20-3/h5-9H,4H2,1-3H3,(H,15,19)(H,17,21). The second kappa shape index (κ2) is 6.53. The molecule has 1 atom stereocenters. The van der Waals surface area contributed by atoms with Crippen molar-refractivity contribution in [2.24, 2.45) is 0 Å². The number of rotatable bonds is 5. The second-order valence-electron chi connectivity index (χ2n) is 4.53. The molecule has 7 heteroatoms. The van der Waals surface area contributed by atoms with Gasteiger partial charge in [0.2, 0.25) is 0 Å². The lowest BCUT2D eigenvalue weighted by atomic mass is 10.1. The van der Waals surface area contributed by atoms with E-state index in [1.54, 1.807) is 18.2 Å². The topological polar surface area (TPSA) is 71.9 Å². The van der Waals surface area contributed by atoms with Gasteiger partial charge in [0.15, 0.2) is 10.6 Å². The quantitative estimate of drug-likeness (QED) is 0.832. The minimum Gasteiger partial charge on any atom is -0.496 e. The summed E-state index contributed by atoms with van der Waals surface area (Å²) in [6.45, 7) is 4.54. The summed E-state index contributed by atoms with van der Waals surface area (Å²) in [5.41, 5.74) is 0.490. The summed E-state index contributed by atoms with van der Waals surface area (Å²) in [6.07, 6.45) is 0. The summed E-state index contributed by atoms with van der Waals surface area (Å²) in [6, 6.07) is 6.82. The minimum atomic E-state index is -0.268. The molecule has 0 saturated heterocycles. The SMILES string of the molecule is CCn1c(C(C)NC(=O)c2ccccc2OC)n[nH]c1=S. The maximum atomic E-state index is 12.4. The van der Waals surface area contributed by atoms with Gasteiger partial charge in [-0.2, -0.15) is 5.10 Å². The van der Waals surface area contributed by atoms with E-state index in [0.717, 1.165) is 0 Å². The third-order valence-corrected chi connectivity index (χ3v) is 3.50. The van der Waals surface area contributed by atoms with E-state index >= 15 is 0 Å². The van der Waals surface area contributed by atoms with Crippen molar-refractivity contribution in [2.45, 2.75) is 26.4 Å². The average molecular weight is 306 g/mol. The maximum absolute atomic E-state index is 12.4. The van der Waals surface area contributed by atoms with Gasteiger partial charge in [0.1, 0.15) is 5.75 Å². The van der Waals surface area contributed by atoms with E-state index in [9.17, 15) is 4.79 Å². The van der Waals surface area contributed by atoms with Crippen LogP contribution in [0.4, 0.5) is 0 Å². The van der Waals surface area contributed by atoms with Gasteiger partial charge in [-0.1, -0.05) is 12.1 Å². The van der Waals surface area contributed by atoms with Crippen LogP contribution in [0.2, 0.25) is 0 Å². The van der Waals surface area contributed by atoms with Crippen molar-refractivity contribution in [3.63, 3.8) is 0 Å². The highest BCUT2D eigenvalue weighted by Crippen LogP contribution is 2.18. The largest absolute Gasteiger partial charge is 0.496 e. The highest BCUT2D eigenvalue weighted by atomic mass is 32.1. The fraction of sp³-hybridized carbons (Fsp3) is 0.357. The molecule has 0 aliphatic heterocycles. The first kappa shape index (κ1) is 15.2. The van der Waals surface area contributed by atoms with Gasteiger partial charge in [-0.25, -0.2) is 0 Å². The lowest BCUT2D eigenvalue weighted by Crippen LogP contribution is -2.29. The number of benzene rings is 1. The van der Waals surface area contributed by atoms with Crippen LogP contribution < -0.4 is 10.1 Å². The van der Waals surface area contributed by atoms with Crippen molar-refractivity contribution < 1.29 is 9.53 Å². The number of hydrogen-bond donors (Lipinski definition) is 2. The van der Waals surface area contributed by atoms with E-state index < -0.39 is 0 Å². The molecule has 0 saturated carbocycles. The van der Waals surface area contributed by atoms with E-state index in [1.807, 2.05) is 24.5 Å². The molecule has 1 heterocycles. The molecule has 0 aliphatic carbocycles. The molecule has 0 radical (unpaired) electrons. The molecule has 1 aromatic heterocycles. The van der Waals surface area contributed by atoms with Crippen LogP contribution >= 0.6 is 12.2 Å². The fourth-order valence-electron chi connectivity index (χ4n) is 2.14. The lowest BCUT2D eigenvalue weighted by molar-refractivity contribution is 0.0934. The van der Waals surface area contributed by atoms with Crippen molar-refractivity contribution >= 4 is 18.1 Å². The highest BCUT2D eigenvalue weighted by molar-refractivity contribution is 7.71. The lowest BCUT2D eigenvalue weighted by Gasteiger charge is -2.15. The molecule has 21 heavy (non-hydrogen) atoms. The van der Waals surface area contributed by atoms with Crippen LogP contribution in [-0.2, 0) is 6.54 Å². The van der Waals surface area contributed by atoms with E-state index in [2.05, 4.69) is 15.5 Å². The molecule has 1 amide bonds. The predicted molar refractivity (Wildman–Crippen MR) is 82.0 cm³/mol. The fourth-order valence-corrected chi connectivity index (χ4v) is 2.41. The Morgan fingerprint density at radius 1 is 1.52 bits per heavy atom. The minimum absolute atomic E-state index is 0.212. The zero-order valence-electron chi connectivity index (χ0n) is 12.2. The van der Waals surface area contributed by atoms with E-state index in [-0.39, 0.29) is 11.9 Å². The van der Waals surface area contributed by atoms with Gasteiger partial charge in [0, 0.05) is 6.54 Å². The smallest absolute Gasteiger partial charge is 0.255 e. The number of aromatic nitrogens is 3. The Bertz CT molecular complexity index is 692. The van der Waals surface area contributed by atoms with Gasteiger partial charge in [-0.05, 0) is 38.2 Å². The van der Waals surface area contributed by atoms with E-state index in [1.165, 1.54) is 7.11 Å². The second-order valence-corrected chi connectivity index (χ2v) is 4.91. The first-order chi connectivity index (χ1) is 10.1. The summed E-state index contributed by atoms with van der Waals surface area (Å²) in [4.78, 5) is 12.4. The molecule has 0 fully saturated rings. The zero-order valence-corrected chi connectivity index (χ0v) is 13.0. The number of carbonyl (C=O) groups excluding carboxylic acids is 1. The third kappa shape index (κ3) is 3.13. The summed E-state index contributed by atoms with van der Waals surface area (Å²) in [5, 5.41) is 9.83. The van der Waals surface area contributed by atoms with Crippen LogP contribution in [-0.4, -0.2) is 27.8 Å². The Morgan fingerprint density at radius 3 is 2.90 bits per heavy atom. The van der Waals surface area contributed by atoms with Gasteiger partial charge < -0.3 is 14.6 Å². The summed E-state index contributed by atoms with van der Waals surface area (Å²) >= 11 is 5.15. The van der Waals surface area contributed by atoms with Gasteiger partial charge in [0.05, 0.1) is 18.7 Å². The molecular weight excluding hydrogens is 288 g/mol. The molecule has 2 N–H and O–H groups in total. The normalized spacial score (nSPS) is 12.0. The van der Waals surface area contributed by atoms with Gasteiger partial charge in [0.25, 0.3) is 5.91 Å². The Hall–Kier alpha value is -2.15. The van der Waals surface area contributed by atoms with E-state index in [4.69, 9.17) is 17.0 Å². The van der Waals surface area contributed by atoms with Gasteiger partial charge in [-0.15, -0.1) is 0 Å². The van der Waals surface area contributed by atoms with Gasteiger partial charge in [-0.3, -0.25) is 9.89 Å². The number of amides is 1. The number of para-hydroxylation sites is 1. The number of methoxy groups -OCH3 is 1. The Labute approximate surface area is 128 Å². The molecule has 1 aromatic carbocycles. The summed E-state index contributed by atoms with van der Waals surface area (Å²) < 4.78 is 7.60. The third-order valence-electron chi connectivity index (χ3n) is 3.19. The van der Waals surface area contributed by atoms with Gasteiger partial charge >= 0.3 is 0 Å². The molecule has 112 valence electrons. The maximum Gasteiger partial charge on any atom is 0.255 e. The number of nitrogens with zero attached hydrogens (tertiary/aromatic N) is 2. The number of aromatic amines is 1. The van der Waals surface area contributed by atoms with Crippen LogP contribution in [0.3, 0.4) is 0 Å². The zero-order chi connectivity index (χ0) is 15.4. The molecule has 2 aromatic rings. The molecular formula is C14H18N4O2S. The monoisotopic (exact) mass is 306 g/mol. The molecule has 2 rings (SSSR count). The van der Waals surface area contributed by atoms with E-state index in [0.29, 0.717) is 28.5 Å². The molecule has 0 bridgehead atoms. The van der Waals surface area contributed by atoms with Crippen LogP contribution in [0.15, 0.2) is 24.3 Å². The van der Waals surface area contributed by atoms with Crippen LogP contribution in [0.1, 0.15) is 36.1 Å². The van der Waals surface area contributed by atoms with Crippen molar-refractivity contribution in [3.05, 3.63) is 40.4 Å². The predicted octanol–water partition coefficient (Wildman–Crippen LogP) is 2.46. The summed E-state index contributed by atoms with van der Waals surface area (Å²) in [7, 11) is 1.54. The molecule has 0 spiro atoms. The van der Waals surface area contributed by atoms with Crippen molar-refractivity contribution in [1.29, 1.82) is 0 Å². The molecule has 6 nitrogen and oxygen atoms in total. The first-order valence-corrected chi connectivity index (χ1v) is 7.08. The number of ether oxygens (including phenoxy) is 1. The highest BCUT2D eigenvalue weighted by Gasteiger charge is 2.18. The van der Waals surface area contributed by atoms with Crippen molar-refractivity contribution in [1.82, 2.24) is 20.1 Å². The Balaban J connectivity index is 2.21. The molecule has 1 unspecified atom stereocenters. The van der Waals surface area contributed by atoms with Crippen LogP contribution in [0.25, 0.3) is 0 Å². The number of nitrogens with one attached hydrogen (secondary N) is 2. The molecule has 0 aliphatic rings. The average Bonchev–Trinajstić information content (AvgIpc) is 2.87. The summed E-state index contributed by atoms with van der Waals surface area (Å²) in [5.74, 6) is 1.03. The Morgan fingerprint density at radius 2 is 2.24 bits per heavy atom. The number of H-pyrrole nitrogens is 1. The van der Waals surface area contributed by atoms with Crippen molar-refractivity contribution in [3.8, 4) is 5.75 Å². The number of hydrogen-bond acceptors (Lipinski definition) is 4.